The second-order valence-corrected chi connectivity index (χ2v) is 14.8. The molecule has 4 N–H and O–H groups in total. The molecule has 0 aliphatic carbocycles. The Morgan fingerprint density at radius 3 is 1.49 bits per heavy atom. The number of hydrogen-bond acceptors (Lipinski definition) is 17. The molecule has 0 bridgehead atoms. The van der Waals surface area contributed by atoms with E-state index in [0.29, 0.717) is 162 Å². The topological polar surface area (TPSA) is 224 Å². The first-order chi connectivity index (χ1) is 28.7. The van der Waals surface area contributed by atoms with E-state index in [1.165, 1.54) is 28.5 Å². The number of fused-ring (bicyclic) bond motifs is 1. The van der Waals surface area contributed by atoms with Crippen molar-refractivity contribution in [2.75, 3.05) is 165 Å². The van der Waals surface area contributed by atoms with Gasteiger partial charge in [0.15, 0.2) is 0 Å². The van der Waals surface area contributed by atoms with E-state index in [1.54, 1.807) is 12.1 Å². The van der Waals surface area contributed by atoms with Gasteiger partial charge >= 0.3 is 0 Å². The summed E-state index contributed by atoms with van der Waals surface area (Å²) in [7, 11) is -2.36. The van der Waals surface area contributed by atoms with Crippen LogP contribution in [0.3, 0.4) is 0 Å². The molecule has 1 aliphatic rings. The van der Waals surface area contributed by atoms with Crippen molar-refractivity contribution in [1.29, 1.82) is 0 Å². The maximum Gasteiger partial charge on any atom is 0.273 e. The molecule has 0 saturated carbocycles. The highest BCUT2D eigenvalue weighted by molar-refractivity contribution is 7.89. The number of benzene rings is 1. The first kappa shape index (κ1) is 52.5. The second kappa shape index (κ2) is 34.0. The maximum atomic E-state index is 13.3. The van der Waals surface area contributed by atoms with Crippen LogP contribution in [0.2, 0.25) is 0 Å². The Bertz CT molecular complexity index is 1420. The summed E-state index contributed by atoms with van der Waals surface area (Å²) >= 11 is 0. The first-order valence-corrected chi connectivity index (χ1v) is 21.7. The van der Waals surface area contributed by atoms with Crippen LogP contribution in [0, 0.1) is 0 Å². The zero-order valence-corrected chi connectivity index (χ0v) is 36.1. The van der Waals surface area contributed by atoms with Crippen molar-refractivity contribution in [3.05, 3.63) is 29.3 Å². The molecule has 1 aliphatic heterocycles. The molecular formula is C39H69N5O14S. The fourth-order valence-corrected chi connectivity index (χ4v) is 6.25. The van der Waals surface area contributed by atoms with Gasteiger partial charge in [-0.05, 0) is 31.6 Å². The zero-order chi connectivity index (χ0) is 42.8. The Morgan fingerprint density at radius 2 is 1.08 bits per heavy atom. The molecule has 0 radical (unpaired) electrons. The molecule has 1 amide bonds. The molecule has 1 heterocycles. The van der Waals surface area contributed by atoms with Crippen LogP contribution in [-0.2, 0) is 67.0 Å². The monoisotopic (exact) mass is 863 g/mol. The number of sulfonamides is 1. The largest absolute Gasteiger partial charge is 0.387 e. The summed E-state index contributed by atoms with van der Waals surface area (Å²) < 4.78 is 82.4. The lowest BCUT2D eigenvalue weighted by atomic mass is 10.1. The van der Waals surface area contributed by atoms with Crippen molar-refractivity contribution < 1.29 is 65.4 Å². The SMILES string of the molecule is CCCN(OCC)C(=O)C1=Cc2ccc(S(=O)(=O)N(C)CCOCCOCCOCCOCCOCCOCCOCCOCCOCCOCCN)cc2N=C(N)C1. The number of rotatable bonds is 39. The van der Waals surface area contributed by atoms with Crippen molar-refractivity contribution in [2.45, 2.75) is 31.6 Å². The van der Waals surface area contributed by atoms with Gasteiger partial charge in [0.1, 0.15) is 5.84 Å². The van der Waals surface area contributed by atoms with Gasteiger partial charge in [0.05, 0.1) is 149 Å². The third kappa shape index (κ3) is 23.8. The Kier molecular flexibility index (Phi) is 30.2. The van der Waals surface area contributed by atoms with Crippen LogP contribution in [0.4, 0.5) is 5.69 Å². The van der Waals surface area contributed by atoms with E-state index >= 15 is 0 Å². The molecule has 2 rings (SSSR count). The van der Waals surface area contributed by atoms with E-state index in [2.05, 4.69) is 4.99 Å². The molecule has 20 heteroatoms. The number of carbonyl (C=O) groups is 1. The van der Waals surface area contributed by atoms with Crippen molar-refractivity contribution in [3.8, 4) is 0 Å². The fraction of sp³-hybridized carbons (Fsp3) is 0.744. The summed E-state index contributed by atoms with van der Waals surface area (Å²) in [5.74, 6) is -0.102. The van der Waals surface area contributed by atoms with E-state index in [9.17, 15) is 13.2 Å². The lowest BCUT2D eigenvalue weighted by Gasteiger charge is -2.21. The minimum Gasteiger partial charge on any atom is -0.387 e. The number of aliphatic imine (C=N–C) groups is 1. The Morgan fingerprint density at radius 1 is 0.661 bits per heavy atom. The van der Waals surface area contributed by atoms with Crippen LogP contribution in [-0.4, -0.2) is 195 Å². The molecule has 0 atom stereocenters. The number of likely N-dealkylation sites (N-methyl/N-ethyl adjacent to an activating group) is 1. The van der Waals surface area contributed by atoms with Crippen LogP contribution >= 0.6 is 0 Å². The summed E-state index contributed by atoms with van der Waals surface area (Å²) in [6.07, 6.45) is 2.52. The highest BCUT2D eigenvalue weighted by Gasteiger charge is 2.25. The molecule has 340 valence electrons. The van der Waals surface area contributed by atoms with Gasteiger partial charge < -0.3 is 58.8 Å². The van der Waals surface area contributed by atoms with E-state index in [0.717, 1.165) is 6.42 Å². The molecule has 1 aromatic carbocycles. The standard InChI is InChI=1S/C39H69N5O14S/c1-4-9-44(58-5-2)39(45)35-31-34-6-7-36(33-37(34)42-38(41)32-35)59(46,47)43(3)10-12-49-14-16-51-18-20-53-22-24-55-26-28-57-30-29-56-27-25-54-23-21-52-19-17-50-15-13-48-11-8-40/h6-7,31,33H,4-5,8-30,32,40H2,1-3H3,(H2,41,42). The van der Waals surface area contributed by atoms with Crippen LogP contribution < -0.4 is 11.5 Å². The van der Waals surface area contributed by atoms with Gasteiger partial charge in [-0.25, -0.2) is 18.5 Å². The van der Waals surface area contributed by atoms with E-state index < -0.39 is 10.0 Å². The van der Waals surface area contributed by atoms with Gasteiger partial charge in [-0.15, -0.1) is 0 Å². The fourth-order valence-electron chi connectivity index (χ4n) is 5.07. The minimum absolute atomic E-state index is 0.0561. The summed E-state index contributed by atoms with van der Waals surface area (Å²) in [5, 5.41) is 1.32. The Balaban J connectivity index is 1.43. The van der Waals surface area contributed by atoms with E-state index in [-0.39, 0.29) is 36.2 Å². The van der Waals surface area contributed by atoms with Crippen molar-refractivity contribution in [3.63, 3.8) is 0 Å². The molecule has 0 saturated heterocycles. The summed E-state index contributed by atoms with van der Waals surface area (Å²) in [6.45, 7) is 14.1. The summed E-state index contributed by atoms with van der Waals surface area (Å²) in [5.41, 5.74) is 12.8. The lowest BCUT2D eigenvalue weighted by Crippen LogP contribution is -2.34. The number of hydrogen-bond donors (Lipinski definition) is 2. The molecule has 0 aromatic heterocycles. The third-order valence-electron chi connectivity index (χ3n) is 8.05. The predicted molar refractivity (Wildman–Crippen MR) is 221 cm³/mol. The third-order valence-corrected chi connectivity index (χ3v) is 9.90. The Hall–Kier alpha value is -2.67. The molecular weight excluding hydrogens is 795 g/mol. The summed E-state index contributed by atoms with van der Waals surface area (Å²) in [6, 6.07) is 4.58. The normalized spacial score (nSPS) is 13.0. The molecule has 59 heavy (non-hydrogen) atoms. The van der Waals surface area contributed by atoms with Gasteiger partial charge in [-0.1, -0.05) is 13.0 Å². The molecule has 19 nitrogen and oxygen atoms in total. The highest BCUT2D eigenvalue weighted by Crippen LogP contribution is 2.30. The second-order valence-electron chi connectivity index (χ2n) is 12.7. The number of nitrogens with zero attached hydrogens (tertiary/aromatic N) is 3. The minimum atomic E-state index is -3.85. The van der Waals surface area contributed by atoms with E-state index in [4.69, 9.17) is 63.7 Å². The predicted octanol–water partition coefficient (Wildman–Crippen LogP) is 1.40. The number of carbonyl (C=O) groups excluding carboxylic acids is 1. The van der Waals surface area contributed by atoms with Crippen LogP contribution in [0.5, 0.6) is 0 Å². The van der Waals surface area contributed by atoms with Crippen LogP contribution in [0.1, 0.15) is 32.3 Å². The van der Waals surface area contributed by atoms with Gasteiger partial charge in [-0.2, -0.15) is 4.31 Å². The van der Waals surface area contributed by atoms with Crippen LogP contribution in [0.25, 0.3) is 6.08 Å². The molecule has 1 aromatic rings. The lowest BCUT2D eigenvalue weighted by molar-refractivity contribution is -0.180. The van der Waals surface area contributed by atoms with Gasteiger partial charge in [-0.3, -0.25) is 9.63 Å². The van der Waals surface area contributed by atoms with Gasteiger partial charge in [0.2, 0.25) is 10.0 Å². The maximum absolute atomic E-state index is 13.3. The number of nitrogens with two attached hydrogens (primary N) is 2. The Labute approximate surface area is 350 Å². The zero-order valence-electron chi connectivity index (χ0n) is 35.3. The summed E-state index contributed by atoms with van der Waals surface area (Å²) in [4.78, 5) is 23.1. The van der Waals surface area contributed by atoms with Gasteiger partial charge in [0.25, 0.3) is 5.91 Å². The number of amides is 1. The smallest absolute Gasteiger partial charge is 0.273 e. The quantitative estimate of drug-likeness (QED) is 0.0705. The number of ether oxygens (including phenoxy) is 10. The highest BCUT2D eigenvalue weighted by atomic mass is 32.2. The van der Waals surface area contributed by atoms with Crippen molar-refractivity contribution in [2.24, 2.45) is 16.5 Å². The number of amidine groups is 1. The molecule has 0 spiro atoms. The molecule has 0 fully saturated rings. The van der Waals surface area contributed by atoms with Gasteiger partial charge in [0, 0.05) is 44.2 Å². The van der Waals surface area contributed by atoms with E-state index in [1.807, 2.05) is 13.8 Å². The average Bonchev–Trinajstić information content (AvgIpc) is 3.39. The van der Waals surface area contributed by atoms with Crippen LogP contribution in [0.15, 0.2) is 33.7 Å². The molecule has 0 unspecified atom stereocenters. The average molecular weight is 864 g/mol. The van der Waals surface area contributed by atoms with Crippen molar-refractivity contribution in [1.82, 2.24) is 9.37 Å². The first-order valence-electron chi connectivity index (χ1n) is 20.3. The van der Waals surface area contributed by atoms with Crippen molar-refractivity contribution >= 4 is 33.5 Å². The number of hydroxylamine groups is 2.